The van der Waals surface area contributed by atoms with Gasteiger partial charge in [-0.3, -0.25) is 19.5 Å². The third kappa shape index (κ3) is 6.73. The van der Waals surface area contributed by atoms with Crippen molar-refractivity contribution in [3.05, 3.63) is 70.5 Å². The third-order valence-electron chi connectivity index (χ3n) is 7.62. The van der Waals surface area contributed by atoms with Gasteiger partial charge in [-0.25, -0.2) is 0 Å². The Balaban J connectivity index is 1.39. The average Bonchev–Trinajstić information content (AvgIpc) is 3.28. The number of hydrogen-bond donors (Lipinski definition) is 2. The number of ether oxygens (including phenoxy) is 3. The van der Waals surface area contributed by atoms with Crippen LogP contribution < -0.4 is 14.8 Å². The van der Waals surface area contributed by atoms with Crippen molar-refractivity contribution >= 4 is 17.7 Å². The monoisotopic (exact) mass is 575 g/mol. The van der Waals surface area contributed by atoms with E-state index in [1.807, 2.05) is 45.0 Å². The second-order valence-electron chi connectivity index (χ2n) is 10.8. The number of fused-ring (bicyclic) bond motifs is 5. The molecule has 0 unspecified atom stereocenters. The van der Waals surface area contributed by atoms with Crippen LogP contribution in [0.3, 0.4) is 0 Å². The van der Waals surface area contributed by atoms with Gasteiger partial charge in [-0.15, -0.1) is 0 Å². The highest BCUT2D eigenvalue weighted by molar-refractivity contribution is 5.97. The fourth-order valence-electron chi connectivity index (χ4n) is 5.39. The number of carbonyl (C=O) groups is 3. The van der Waals surface area contributed by atoms with Crippen molar-refractivity contribution in [3.8, 4) is 17.2 Å². The molecule has 2 aliphatic heterocycles. The van der Waals surface area contributed by atoms with Crippen molar-refractivity contribution in [3.63, 3.8) is 0 Å². The van der Waals surface area contributed by atoms with Crippen molar-refractivity contribution in [1.29, 1.82) is 0 Å². The number of piperidine rings is 1. The molecule has 3 amide bonds. The topological polar surface area (TPSA) is 126 Å². The Labute approximate surface area is 245 Å². The molecule has 1 aromatic heterocycles. The summed E-state index contributed by atoms with van der Waals surface area (Å²) in [6.07, 6.45) is 0.457. The van der Waals surface area contributed by atoms with Gasteiger partial charge in [0.1, 0.15) is 17.2 Å². The Kier molecular flexibility index (Phi) is 8.77. The van der Waals surface area contributed by atoms with E-state index < -0.39 is 6.04 Å². The largest absolute Gasteiger partial charge is 0.494 e. The number of nitrogens with zero attached hydrogens (tertiary/aromatic N) is 3. The van der Waals surface area contributed by atoms with Crippen LogP contribution in [0.1, 0.15) is 46.2 Å². The molecule has 42 heavy (non-hydrogen) atoms. The van der Waals surface area contributed by atoms with E-state index in [9.17, 15) is 14.4 Å². The maximum absolute atomic E-state index is 13.4. The van der Waals surface area contributed by atoms with Gasteiger partial charge < -0.3 is 29.3 Å². The number of aromatic amines is 1. The van der Waals surface area contributed by atoms with Crippen LogP contribution in [0.25, 0.3) is 0 Å². The van der Waals surface area contributed by atoms with Crippen molar-refractivity contribution < 1.29 is 28.6 Å². The van der Waals surface area contributed by atoms with E-state index in [-0.39, 0.29) is 36.8 Å². The fourth-order valence-corrected chi connectivity index (χ4v) is 5.39. The van der Waals surface area contributed by atoms with Crippen LogP contribution in [0, 0.1) is 13.8 Å². The number of amides is 3. The first-order valence-electron chi connectivity index (χ1n) is 14.2. The summed E-state index contributed by atoms with van der Waals surface area (Å²) in [4.78, 5) is 43.0. The molecule has 2 N–H and O–H groups in total. The molecule has 3 heterocycles. The number of benzene rings is 2. The number of nitrogens with one attached hydrogen (secondary N) is 2. The Bertz CT molecular complexity index is 1450. The highest BCUT2D eigenvalue weighted by Crippen LogP contribution is 2.29. The Hall–Kier alpha value is -4.38. The van der Waals surface area contributed by atoms with Crippen LogP contribution in [-0.2, 0) is 27.4 Å². The quantitative estimate of drug-likeness (QED) is 0.490. The van der Waals surface area contributed by atoms with Gasteiger partial charge in [0.15, 0.2) is 0 Å². The molecule has 0 saturated carbocycles. The van der Waals surface area contributed by atoms with Gasteiger partial charge in [-0.1, -0.05) is 12.1 Å². The molecule has 2 aliphatic rings. The summed E-state index contributed by atoms with van der Waals surface area (Å²) >= 11 is 0. The van der Waals surface area contributed by atoms with Gasteiger partial charge in [0.2, 0.25) is 11.8 Å². The number of rotatable bonds is 4. The first kappa shape index (κ1) is 29.1. The molecule has 2 aromatic carbocycles. The summed E-state index contributed by atoms with van der Waals surface area (Å²) < 4.78 is 18.1. The van der Waals surface area contributed by atoms with Gasteiger partial charge in [-0.2, -0.15) is 5.10 Å². The summed E-state index contributed by atoms with van der Waals surface area (Å²) in [6, 6.07) is 12.1. The van der Waals surface area contributed by atoms with E-state index in [0.717, 1.165) is 22.5 Å². The summed E-state index contributed by atoms with van der Waals surface area (Å²) in [7, 11) is 1.57. The predicted molar refractivity (Wildman–Crippen MR) is 155 cm³/mol. The molecule has 0 aliphatic carbocycles. The fraction of sp³-hybridized carbons (Fsp3) is 0.419. The minimum atomic E-state index is -0.453. The van der Waals surface area contributed by atoms with E-state index in [0.29, 0.717) is 55.5 Å². The number of aryl methyl sites for hydroxylation is 2. The van der Waals surface area contributed by atoms with Crippen molar-refractivity contribution in [2.45, 2.75) is 52.4 Å². The third-order valence-corrected chi connectivity index (χ3v) is 7.62. The van der Waals surface area contributed by atoms with Crippen molar-refractivity contribution in [1.82, 2.24) is 25.3 Å². The van der Waals surface area contributed by atoms with E-state index in [2.05, 4.69) is 15.5 Å². The lowest BCUT2D eigenvalue weighted by Crippen LogP contribution is -2.58. The number of likely N-dealkylation sites (N-methyl/N-ethyl adjacent to an activating group) is 1. The van der Waals surface area contributed by atoms with Gasteiger partial charge in [0.25, 0.3) is 5.91 Å². The van der Waals surface area contributed by atoms with E-state index in [4.69, 9.17) is 14.2 Å². The Morgan fingerprint density at radius 1 is 1.14 bits per heavy atom. The van der Waals surface area contributed by atoms with Crippen molar-refractivity contribution in [2.24, 2.45) is 0 Å². The van der Waals surface area contributed by atoms with Gasteiger partial charge >= 0.3 is 0 Å². The predicted octanol–water partition coefficient (Wildman–Crippen LogP) is 3.15. The normalized spacial score (nSPS) is 19.5. The molecule has 222 valence electrons. The van der Waals surface area contributed by atoms with Gasteiger partial charge in [0, 0.05) is 43.0 Å². The van der Waals surface area contributed by atoms with Crippen LogP contribution in [0.5, 0.6) is 17.2 Å². The standard InChI is InChI=1S/C31H37N5O6/c1-5-40-24-12-22-13-25(14-24)42-23-8-6-7-21(11-23)18-41-28-9-10-36(30(38)15-26-19(2)33-34-20(26)3)16-27(28)32-29(37)17-35(4)31(22)39/h6-8,11-14,27-28H,5,9-10,15-18H2,1-4H3,(H,32,37)(H,33,34)/t27-,28+/m0/s1. The Morgan fingerprint density at radius 2 is 1.98 bits per heavy atom. The van der Waals surface area contributed by atoms with Gasteiger partial charge in [-0.05, 0) is 57.0 Å². The van der Waals surface area contributed by atoms with E-state index in [1.165, 1.54) is 4.90 Å². The first-order chi connectivity index (χ1) is 20.2. The van der Waals surface area contributed by atoms with Crippen LogP contribution in [-0.4, -0.2) is 83.2 Å². The minimum absolute atomic E-state index is 0.0374. The Morgan fingerprint density at radius 3 is 2.74 bits per heavy atom. The van der Waals surface area contributed by atoms with E-state index >= 15 is 0 Å². The molecule has 5 rings (SSSR count). The molecule has 1 fully saturated rings. The van der Waals surface area contributed by atoms with E-state index in [1.54, 1.807) is 30.1 Å². The zero-order valence-corrected chi connectivity index (χ0v) is 24.4. The molecule has 4 bridgehead atoms. The first-order valence-corrected chi connectivity index (χ1v) is 14.2. The molecule has 0 spiro atoms. The lowest BCUT2D eigenvalue weighted by atomic mass is 10.00. The highest BCUT2D eigenvalue weighted by atomic mass is 16.5. The van der Waals surface area contributed by atoms with Crippen LogP contribution >= 0.6 is 0 Å². The highest BCUT2D eigenvalue weighted by Gasteiger charge is 2.34. The second kappa shape index (κ2) is 12.6. The molecular formula is C31H37N5O6. The summed E-state index contributed by atoms with van der Waals surface area (Å²) in [5, 5.41) is 10.2. The van der Waals surface area contributed by atoms with Gasteiger partial charge in [0.05, 0.1) is 44.0 Å². The molecule has 1 saturated heterocycles. The molecule has 11 nitrogen and oxygen atoms in total. The number of H-pyrrole nitrogens is 1. The number of likely N-dealkylation sites (tertiary alicyclic amines) is 1. The van der Waals surface area contributed by atoms with Crippen LogP contribution in [0.15, 0.2) is 42.5 Å². The molecule has 3 aromatic rings. The summed E-state index contributed by atoms with van der Waals surface area (Å²) in [6.45, 7) is 6.99. The average molecular weight is 576 g/mol. The molecular weight excluding hydrogens is 538 g/mol. The number of hydrogen-bond acceptors (Lipinski definition) is 7. The van der Waals surface area contributed by atoms with Crippen LogP contribution in [0.4, 0.5) is 0 Å². The minimum Gasteiger partial charge on any atom is -0.494 e. The lowest BCUT2D eigenvalue weighted by Gasteiger charge is -2.39. The summed E-state index contributed by atoms with van der Waals surface area (Å²) in [5.74, 6) is 0.809. The number of aromatic nitrogens is 2. The zero-order chi connectivity index (χ0) is 29.8. The summed E-state index contributed by atoms with van der Waals surface area (Å²) in [5.41, 5.74) is 3.80. The smallest absolute Gasteiger partial charge is 0.254 e. The molecule has 11 heteroatoms. The second-order valence-corrected chi connectivity index (χ2v) is 10.8. The molecule has 0 radical (unpaired) electrons. The van der Waals surface area contributed by atoms with Crippen LogP contribution in [0.2, 0.25) is 0 Å². The SMILES string of the molecule is CCOc1cc2cc(c1)C(=O)N(C)CC(=O)N[C@H]1CN(C(=O)Cc3c(C)n[nH]c3C)CC[C@H]1OCc1cccc(c1)O2. The number of carbonyl (C=O) groups excluding carboxylic acids is 3. The zero-order valence-electron chi connectivity index (χ0n) is 24.4. The maximum atomic E-state index is 13.4. The molecule has 2 atom stereocenters. The van der Waals surface area contributed by atoms with Crippen molar-refractivity contribution in [2.75, 3.05) is 33.3 Å². The maximum Gasteiger partial charge on any atom is 0.254 e. The lowest BCUT2D eigenvalue weighted by molar-refractivity contribution is -0.136.